The van der Waals surface area contributed by atoms with E-state index in [1.165, 1.54) is 18.0 Å². The Balaban J connectivity index is 1.54. The fourth-order valence-corrected chi connectivity index (χ4v) is 4.72. The van der Waals surface area contributed by atoms with Gasteiger partial charge in [0.2, 0.25) is 0 Å². The summed E-state index contributed by atoms with van der Waals surface area (Å²) in [6.45, 7) is 6.17. The number of halogens is 5. The Morgan fingerprint density at radius 3 is 2.53 bits per heavy atom. The van der Waals surface area contributed by atoms with E-state index in [-0.39, 0.29) is 12.1 Å². The van der Waals surface area contributed by atoms with Gasteiger partial charge < -0.3 is 4.74 Å². The standard InChI is InChI=1S/C21H23Cl2F3N2OS/c1-13(2)29-20-18(22)8-14(9-19(20)23)11-28-7-6-16(12-28)27-30-17-5-3-4-15(10-17)21(24,25)26/h3-5,8-10,13,16,27H,6-7,11-12H2,1-2H3. The van der Waals surface area contributed by atoms with Crippen molar-refractivity contribution < 1.29 is 17.9 Å². The maximum Gasteiger partial charge on any atom is 0.416 e. The number of alkyl halides is 3. The van der Waals surface area contributed by atoms with Crippen molar-refractivity contribution in [2.24, 2.45) is 0 Å². The molecule has 2 aromatic rings. The Hall–Kier alpha value is -1.12. The predicted octanol–water partition coefficient (Wildman–Crippen LogP) is 6.67. The first-order valence-electron chi connectivity index (χ1n) is 9.58. The summed E-state index contributed by atoms with van der Waals surface area (Å²) in [5.74, 6) is 0.496. The first-order valence-corrected chi connectivity index (χ1v) is 11.2. The third kappa shape index (κ3) is 6.44. The summed E-state index contributed by atoms with van der Waals surface area (Å²) in [7, 11) is 0. The average Bonchev–Trinajstić information content (AvgIpc) is 3.10. The predicted molar refractivity (Wildman–Crippen MR) is 116 cm³/mol. The topological polar surface area (TPSA) is 24.5 Å². The van der Waals surface area contributed by atoms with Gasteiger partial charge in [0.1, 0.15) is 0 Å². The zero-order chi connectivity index (χ0) is 21.9. The lowest BCUT2D eigenvalue weighted by Crippen LogP contribution is -2.28. The Morgan fingerprint density at radius 2 is 1.90 bits per heavy atom. The minimum atomic E-state index is -4.33. The second-order valence-corrected chi connectivity index (χ2v) is 9.25. The van der Waals surface area contributed by atoms with Gasteiger partial charge in [-0.1, -0.05) is 29.3 Å². The smallest absolute Gasteiger partial charge is 0.416 e. The van der Waals surface area contributed by atoms with Crippen LogP contribution in [0.1, 0.15) is 31.4 Å². The highest BCUT2D eigenvalue weighted by molar-refractivity contribution is 7.97. The third-order valence-electron chi connectivity index (χ3n) is 4.59. The van der Waals surface area contributed by atoms with Gasteiger partial charge in [0.25, 0.3) is 0 Å². The minimum absolute atomic E-state index is 0.0226. The monoisotopic (exact) mass is 478 g/mol. The molecule has 1 fully saturated rings. The van der Waals surface area contributed by atoms with Crippen molar-refractivity contribution in [3.63, 3.8) is 0 Å². The van der Waals surface area contributed by atoms with Crippen LogP contribution in [0.25, 0.3) is 0 Å². The lowest BCUT2D eigenvalue weighted by molar-refractivity contribution is -0.137. The van der Waals surface area contributed by atoms with Crippen LogP contribution in [0.15, 0.2) is 41.3 Å². The van der Waals surface area contributed by atoms with E-state index in [1.54, 1.807) is 6.07 Å². The Kier molecular flexibility index (Phi) is 7.85. The summed E-state index contributed by atoms with van der Waals surface area (Å²) in [6.07, 6.45) is -3.45. The molecule has 1 aliphatic heterocycles. The van der Waals surface area contributed by atoms with Gasteiger partial charge in [0, 0.05) is 30.6 Å². The molecule has 3 rings (SSSR count). The van der Waals surface area contributed by atoms with Crippen LogP contribution in [0, 0.1) is 0 Å². The quantitative estimate of drug-likeness (QED) is 0.449. The number of hydrogen-bond donors (Lipinski definition) is 1. The molecule has 1 atom stereocenters. The van der Waals surface area contributed by atoms with E-state index in [9.17, 15) is 13.2 Å². The zero-order valence-corrected chi connectivity index (χ0v) is 18.9. The van der Waals surface area contributed by atoms with E-state index in [1.807, 2.05) is 26.0 Å². The highest BCUT2D eigenvalue weighted by atomic mass is 35.5. The van der Waals surface area contributed by atoms with Gasteiger partial charge in [-0.3, -0.25) is 9.62 Å². The molecule has 0 aliphatic carbocycles. The molecule has 0 saturated carbocycles. The third-order valence-corrected chi connectivity index (χ3v) is 6.10. The number of rotatable bonds is 7. The molecular weight excluding hydrogens is 456 g/mol. The second-order valence-electron chi connectivity index (χ2n) is 7.52. The Labute approximate surface area is 189 Å². The van der Waals surface area contributed by atoms with E-state index in [0.29, 0.717) is 27.2 Å². The molecule has 164 valence electrons. The van der Waals surface area contributed by atoms with Crippen LogP contribution in [0.2, 0.25) is 10.0 Å². The second kappa shape index (κ2) is 10.0. The van der Waals surface area contributed by atoms with Crippen molar-refractivity contribution in [3.8, 4) is 5.75 Å². The SMILES string of the molecule is CC(C)Oc1c(Cl)cc(CN2CCC(NSc3cccc(C(F)(F)F)c3)C2)cc1Cl. The van der Waals surface area contributed by atoms with E-state index in [0.717, 1.165) is 37.2 Å². The lowest BCUT2D eigenvalue weighted by atomic mass is 10.2. The Morgan fingerprint density at radius 1 is 1.20 bits per heavy atom. The number of nitrogens with zero attached hydrogens (tertiary/aromatic N) is 1. The van der Waals surface area contributed by atoms with Gasteiger partial charge in [0.05, 0.1) is 21.7 Å². The van der Waals surface area contributed by atoms with Crippen LogP contribution in [-0.4, -0.2) is 30.1 Å². The summed E-state index contributed by atoms with van der Waals surface area (Å²) in [4.78, 5) is 2.80. The summed E-state index contributed by atoms with van der Waals surface area (Å²) in [5.41, 5.74) is 0.355. The molecule has 9 heteroatoms. The molecule has 1 heterocycles. The molecule has 1 unspecified atom stereocenters. The van der Waals surface area contributed by atoms with Crippen LogP contribution in [0.3, 0.4) is 0 Å². The molecule has 3 nitrogen and oxygen atoms in total. The normalized spacial score (nSPS) is 17.7. The van der Waals surface area contributed by atoms with Crippen molar-refractivity contribution in [1.82, 2.24) is 9.62 Å². The van der Waals surface area contributed by atoms with Crippen LogP contribution in [-0.2, 0) is 12.7 Å². The van der Waals surface area contributed by atoms with Gasteiger partial charge in [-0.15, -0.1) is 0 Å². The van der Waals surface area contributed by atoms with Crippen LogP contribution < -0.4 is 9.46 Å². The van der Waals surface area contributed by atoms with Gasteiger partial charge in [0.15, 0.2) is 5.75 Å². The summed E-state index contributed by atoms with van der Waals surface area (Å²) in [6, 6.07) is 9.24. The molecule has 0 bridgehead atoms. The molecule has 0 aromatic heterocycles. The maximum absolute atomic E-state index is 12.8. The largest absolute Gasteiger partial charge is 0.488 e. The zero-order valence-electron chi connectivity index (χ0n) is 16.6. The summed E-state index contributed by atoms with van der Waals surface area (Å²) in [5, 5.41) is 0.973. The molecule has 30 heavy (non-hydrogen) atoms. The lowest BCUT2D eigenvalue weighted by Gasteiger charge is -2.19. The first-order chi connectivity index (χ1) is 14.1. The molecule has 1 saturated heterocycles. The van der Waals surface area contributed by atoms with Gasteiger partial charge in [-0.2, -0.15) is 13.2 Å². The van der Waals surface area contributed by atoms with Crippen LogP contribution in [0.5, 0.6) is 5.75 Å². The summed E-state index contributed by atoms with van der Waals surface area (Å²) >= 11 is 13.9. The molecular formula is C21H23Cl2F3N2OS. The molecule has 0 spiro atoms. The molecule has 0 radical (unpaired) electrons. The van der Waals surface area contributed by atoms with E-state index in [4.69, 9.17) is 27.9 Å². The highest BCUT2D eigenvalue weighted by Gasteiger charge is 2.30. The van der Waals surface area contributed by atoms with Gasteiger partial charge in [-0.05, 0) is 68.1 Å². The van der Waals surface area contributed by atoms with Gasteiger partial charge >= 0.3 is 6.18 Å². The highest BCUT2D eigenvalue weighted by Crippen LogP contribution is 2.36. The van der Waals surface area contributed by atoms with E-state index >= 15 is 0 Å². The van der Waals surface area contributed by atoms with E-state index in [2.05, 4.69) is 9.62 Å². The number of hydrogen-bond acceptors (Lipinski definition) is 4. The molecule has 1 aliphatic rings. The van der Waals surface area contributed by atoms with Crippen molar-refractivity contribution in [2.75, 3.05) is 13.1 Å². The van der Waals surface area contributed by atoms with Crippen molar-refractivity contribution in [3.05, 3.63) is 57.6 Å². The molecule has 2 aromatic carbocycles. The Bertz CT molecular complexity index is 857. The fourth-order valence-electron chi connectivity index (χ4n) is 3.27. The molecule has 1 N–H and O–H groups in total. The van der Waals surface area contributed by atoms with Crippen molar-refractivity contribution in [2.45, 2.75) is 50.0 Å². The first kappa shape index (κ1) is 23.5. The number of nitrogens with one attached hydrogen (secondary N) is 1. The van der Waals surface area contributed by atoms with Crippen molar-refractivity contribution in [1.29, 1.82) is 0 Å². The number of ether oxygens (including phenoxy) is 1. The summed E-state index contributed by atoms with van der Waals surface area (Å²) < 4.78 is 47.5. The number of likely N-dealkylation sites (tertiary alicyclic amines) is 1. The van der Waals surface area contributed by atoms with Gasteiger partial charge in [-0.25, -0.2) is 0 Å². The fraction of sp³-hybridized carbons (Fsp3) is 0.429. The minimum Gasteiger partial charge on any atom is -0.488 e. The van der Waals surface area contributed by atoms with Crippen LogP contribution in [0.4, 0.5) is 13.2 Å². The number of benzene rings is 2. The van der Waals surface area contributed by atoms with E-state index < -0.39 is 11.7 Å². The van der Waals surface area contributed by atoms with Crippen molar-refractivity contribution >= 4 is 35.1 Å². The average molecular weight is 479 g/mol. The molecule has 0 amide bonds. The van der Waals surface area contributed by atoms with Crippen LogP contribution >= 0.6 is 35.1 Å². The maximum atomic E-state index is 12.8.